The van der Waals surface area contributed by atoms with Crippen molar-refractivity contribution in [2.75, 3.05) is 6.54 Å². The number of carboxylic acids is 1. The lowest BCUT2D eigenvalue weighted by Gasteiger charge is -2.16. The first-order valence-electron chi connectivity index (χ1n) is 11.8. The van der Waals surface area contributed by atoms with Crippen molar-refractivity contribution in [2.45, 2.75) is 43.5 Å². The summed E-state index contributed by atoms with van der Waals surface area (Å²) in [5.74, 6) is -0.647. The van der Waals surface area contributed by atoms with Gasteiger partial charge in [0.15, 0.2) is 0 Å². The van der Waals surface area contributed by atoms with Gasteiger partial charge in [0.25, 0.3) is 0 Å². The van der Waals surface area contributed by atoms with E-state index in [1.807, 2.05) is 24.5 Å². The van der Waals surface area contributed by atoms with E-state index in [4.69, 9.17) is 11.6 Å². The highest BCUT2D eigenvalue weighted by Crippen LogP contribution is 2.28. The van der Waals surface area contributed by atoms with E-state index < -0.39 is 16.0 Å². The molecular formula is C27H28ClN3O4S. The van der Waals surface area contributed by atoms with Crippen LogP contribution in [-0.2, 0) is 23.0 Å². The van der Waals surface area contributed by atoms with E-state index in [0.717, 1.165) is 35.9 Å². The van der Waals surface area contributed by atoms with Crippen molar-refractivity contribution in [1.29, 1.82) is 0 Å². The highest BCUT2D eigenvalue weighted by Gasteiger charge is 2.17. The van der Waals surface area contributed by atoms with Crippen LogP contribution in [0.4, 0.5) is 0 Å². The molecule has 1 unspecified atom stereocenters. The number of aromatic carboxylic acids is 1. The second-order valence-electron chi connectivity index (χ2n) is 8.67. The molecule has 0 bridgehead atoms. The van der Waals surface area contributed by atoms with Crippen molar-refractivity contribution < 1.29 is 18.3 Å². The Hall–Kier alpha value is -3.20. The van der Waals surface area contributed by atoms with E-state index in [2.05, 4.69) is 27.3 Å². The maximum atomic E-state index is 12.6. The third-order valence-electron chi connectivity index (χ3n) is 6.39. The highest BCUT2D eigenvalue weighted by atomic mass is 35.5. The molecule has 7 nitrogen and oxygen atoms in total. The molecule has 2 heterocycles. The number of aromatic nitrogens is 2. The summed E-state index contributed by atoms with van der Waals surface area (Å²) >= 11 is 5.87. The van der Waals surface area contributed by atoms with E-state index in [1.54, 1.807) is 18.3 Å². The summed E-state index contributed by atoms with van der Waals surface area (Å²) in [7, 11) is -3.69. The Balaban J connectivity index is 1.55. The zero-order valence-electron chi connectivity index (χ0n) is 19.9. The lowest BCUT2D eigenvalue weighted by Crippen LogP contribution is -2.25. The van der Waals surface area contributed by atoms with Crippen LogP contribution < -0.4 is 4.72 Å². The standard InChI is InChI=1S/C27H28ClN3O4S/c1-2-19(21-4-3-13-29-17-21)12-15-31-18-22(25-16-20(27(32)33)5-10-26(25)31)11-14-30-36(34,35)24-8-6-23(28)7-9-24/h3-10,13,16-19,30H,2,11-12,14-15H2,1H3,(H,32,33). The van der Waals surface area contributed by atoms with Gasteiger partial charge in [-0.2, -0.15) is 0 Å². The van der Waals surface area contributed by atoms with Crippen molar-refractivity contribution in [3.05, 3.63) is 94.9 Å². The number of sulfonamides is 1. The molecule has 9 heteroatoms. The average molecular weight is 526 g/mol. The fourth-order valence-corrected chi connectivity index (χ4v) is 5.58. The maximum absolute atomic E-state index is 12.6. The van der Waals surface area contributed by atoms with Crippen LogP contribution in [0, 0.1) is 0 Å². The number of aryl methyl sites for hydroxylation is 1. The van der Waals surface area contributed by atoms with Gasteiger partial charge in [-0.25, -0.2) is 17.9 Å². The molecule has 36 heavy (non-hydrogen) atoms. The molecule has 0 saturated carbocycles. The second-order valence-corrected chi connectivity index (χ2v) is 10.9. The van der Waals surface area contributed by atoms with E-state index in [-0.39, 0.29) is 17.0 Å². The zero-order chi connectivity index (χ0) is 25.7. The lowest BCUT2D eigenvalue weighted by atomic mass is 9.94. The third kappa shape index (κ3) is 5.95. The molecule has 0 amide bonds. The number of halogens is 1. The number of hydrogen-bond donors (Lipinski definition) is 2. The van der Waals surface area contributed by atoms with Gasteiger partial charge in [-0.15, -0.1) is 0 Å². The number of rotatable bonds is 11. The number of pyridine rings is 1. The van der Waals surface area contributed by atoms with Gasteiger partial charge in [0.2, 0.25) is 10.0 Å². The van der Waals surface area contributed by atoms with Crippen LogP contribution in [0.1, 0.15) is 47.2 Å². The van der Waals surface area contributed by atoms with Crippen LogP contribution in [0.25, 0.3) is 10.9 Å². The zero-order valence-corrected chi connectivity index (χ0v) is 21.5. The molecular weight excluding hydrogens is 498 g/mol. The van der Waals surface area contributed by atoms with Crippen molar-refractivity contribution in [1.82, 2.24) is 14.3 Å². The van der Waals surface area contributed by atoms with Gasteiger partial charge in [0.1, 0.15) is 0 Å². The first-order valence-corrected chi connectivity index (χ1v) is 13.6. The summed E-state index contributed by atoms with van der Waals surface area (Å²) in [4.78, 5) is 16.0. The minimum atomic E-state index is -3.69. The van der Waals surface area contributed by atoms with Gasteiger partial charge in [-0.3, -0.25) is 4.98 Å². The first kappa shape index (κ1) is 25.9. The molecule has 1 atom stereocenters. The third-order valence-corrected chi connectivity index (χ3v) is 8.12. The summed E-state index contributed by atoms with van der Waals surface area (Å²) < 4.78 is 30.1. The topological polar surface area (TPSA) is 101 Å². The normalized spacial score (nSPS) is 12.6. The molecule has 0 aliphatic carbocycles. The van der Waals surface area contributed by atoms with Gasteiger partial charge in [0.05, 0.1) is 10.5 Å². The Labute approximate surface area is 215 Å². The quantitative estimate of drug-likeness (QED) is 0.269. The Kier molecular flexibility index (Phi) is 8.08. The molecule has 4 rings (SSSR count). The molecule has 4 aromatic rings. The molecule has 0 fully saturated rings. The minimum absolute atomic E-state index is 0.142. The first-order chi connectivity index (χ1) is 17.3. The van der Waals surface area contributed by atoms with Crippen LogP contribution in [0.5, 0.6) is 0 Å². The van der Waals surface area contributed by atoms with Gasteiger partial charge in [-0.1, -0.05) is 24.6 Å². The lowest BCUT2D eigenvalue weighted by molar-refractivity contribution is 0.0697. The molecule has 2 N–H and O–H groups in total. The predicted octanol–water partition coefficient (Wildman–Crippen LogP) is 5.49. The fourth-order valence-electron chi connectivity index (χ4n) is 4.42. The number of fused-ring (bicyclic) bond motifs is 1. The molecule has 2 aromatic carbocycles. The number of hydrogen-bond acceptors (Lipinski definition) is 4. The van der Waals surface area contributed by atoms with Gasteiger partial charge < -0.3 is 9.67 Å². The van der Waals surface area contributed by atoms with Crippen LogP contribution >= 0.6 is 11.6 Å². The minimum Gasteiger partial charge on any atom is -0.478 e. The molecule has 0 radical (unpaired) electrons. The van der Waals surface area contributed by atoms with Crippen LogP contribution in [0.2, 0.25) is 5.02 Å². The second kappa shape index (κ2) is 11.2. The summed E-state index contributed by atoms with van der Waals surface area (Å²) in [5, 5.41) is 10.8. The van der Waals surface area contributed by atoms with Crippen molar-refractivity contribution in [2.24, 2.45) is 0 Å². The van der Waals surface area contributed by atoms with Gasteiger partial charge in [0, 0.05) is 47.6 Å². The summed E-state index contributed by atoms with van der Waals surface area (Å²) in [5.41, 5.74) is 3.21. The monoisotopic (exact) mass is 525 g/mol. The maximum Gasteiger partial charge on any atom is 0.335 e. The summed E-state index contributed by atoms with van der Waals surface area (Å²) in [6, 6.07) is 15.1. The highest BCUT2D eigenvalue weighted by molar-refractivity contribution is 7.89. The average Bonchev–Trinajstić information content (AvgIpc) is 3.22. The number of benzene rings is 2. The van der Waals surface area contributed by atoms with E-state index >= 15 is 0 Å². The number of carboxylic acid groups (broad SMARTS) is 1. The summed E-state index contributed by atoms with van der Waals surface area (Å²) in [6.07, 6.45) is 7.97. The molecule has 0 saturated heterocycles. The fraction of sp³-hybridized carbons (Fsp3) is 0.259. The molecule has 0 aliphatic rings. The molecule has 0 aliphatic heterocycles. The van der Waals surface area contributed by atoms with Crippen LogP contribution in [0.15, 0.2) is 78.1 Å². The molecule has 188 valence electrons. The smallest absolute Gasteiger partial charge is 0.335 e. The van der Waals surface area contributed by atoms with E-state index in [0.29, 0.717) is 17.4 Å². The molecule has 2 aromatic heterocycles. The Morgan fingerprint density at radius 1 is 1.17 bits per heavy atom. The number of carbonyl (C=O) groups is 1. The summed E-state index contributed by atoms with van der Waals surface area (Å²) in [6.45, 7) is 3.07. The largest absolute Gasteiger partial charge is 0.478 e. The van der Waals surface area contributed by atoms with Crippen molar-refractivity contribution in [3.8, 4) is 0 Å². The van der Waals surface area contributed by atoms with Crippen LogP contribution in [-0.4, -0.2) is 35.6 Å². The predicted molar refractivity (Wildman–Crippen MR) is 141 cm³/mol. The number of nitrogens with one attached hydrogen (secondary N) is 1. The SMILES string of the molecule is CCC(CCn1cc(CCNS(=O)(=O)c2ccc(Cl)cc2)c2cc(C(=O)O)ccc21)c1cccnc1. The van der Waals surface area contributed by atoms with Crippen LogP contribution in [0.3, 0.4) is 0 Å². The van der Waals surface area contributed by atoms with Gasteiger partial charge in [-0.05, 0) is 84.8 Å². The van der Waals surface area contributed by atoms with E-state index in [1.165, 1.54) is 29.8 Å². The van der Waals surface area contributed by atoms with Gasteiger partial charge >= 0.3 is 5.97 Å². The molecule has 0 spiro atoms. The Morgan fingerprint density at radius 3 is 2.61 bits per heavy atom. The van der Waals surface area contributed by atoms with E-state index in [9.17, 15) is 18.3 Å². The Morgan fingerprint density at radius 2 is 1.94 bits per heavy atom. The van der Waals surface area contributed by atoms with Crippen molar-refractivity contribution in [3.63, 3.8) is 0 Å². The Bertz CT molecular complexity index is 1450. The number of nitrogens with zero attached hydrogens (tertiary/aromatic N) is 2. The van der Waals surface area contributed by atoms with Crippen molar-refractivity contribution >= 4 is 38.5 Å².